The molecule has 1 saturated heterocycles. The summed E-state index contributed by atoms with van der Waals surface area (Å²) < 4.78 is 26.9. The van der Waals surface area contributed by atoms with E-state index in [4.69, 9.17) is 0 Å². The van der Waals surface area contributed by atoms with E-state index < -0.39 is 10.0 Å². The number of carbonyl (C=O) groups excluding carboxylic acids is 1. The van der Waals surface area contributed by atoms with Gasteiger partial charge < -0.3 is 5.32 Å². The molecule has 9 heteroatoms. The van der Waals surface area contributed by atoms with Gasteiger partial charge in [0, 0.05) is 19.6 Å². The Labute approximate surface area is 164 Å². The lowest BCUT2D eigenvalue weighted by atomic mass is 10.2. The number of aliphatic imine (C=N–C) groups is 1. The Morgan fingerprint density at radius 2 is 1.79 bits per heavy atom. The highest BCUT2D eigenvalue weighted by Gasteiger charge is 2.26. The number of amides is 1. The van der Waals surface area contributed by atoms with Crippen LogP contribution in [-0.4, -0.2) is 61.4 Å². The summed E-state index contributed by atoms with van der Waals surface area (Å²) in [6, 6.07) is 6.69. The third-order valence-electron chi connectivity index (χ3n) is 5.03. The van der Waals surface area contributed by atoms with Gasteiger partial charge in [-0.3, -0.25) is 9.79 Å². The van der Waals surface area contributed by atoms with Gasteiger partial charge in [-0.1, -0.05) is 18.6 Å². The van der Waals surface area contributed by atoms with Crippen LogP contribution in [0, 0.1) is 0 Å². The number of hydrogen-bond donors (Lipinski definition) is 1. The van der Waals surface area contributed by atoms with Crippen LogP contribution >= 0.6 is 0 Å². The van der Waals surface area contributed by atoms with Gasteiger partial charge in [0.05, 0.1) is 18.0 Å². The zero-order chi connectivity index (χ0) is 19.6. The summed E-state index contributed by atoms with van der Waals surface area (Å²) >= 11 is 0. The van der Waals surface area contributed by atoms with Crippen LogP contribution in [0.3, 0.4) is 0 Å². The van der Waals surface area contributed by atoms with Crippen LogP contribution in [0.4, 0.5) is 0 Å². The number of amidine groups is 1. The minimum Gasteiger partial charge on any atom is -0.347 e. The molecule has 4 rings (SSSR count). The lowest BCUT2D eigenvalue weighted by Gasteiger charge is -2.25. The van der Waals surface area contributed by atoms with Gasteiger partial charge in [-0.15, -0.1) is 0 Å². The molecule has 8 nitrogen and oxygen atoms in total. The lowest BCUT2D eigenvalue weighted by molar-refractivity contribution is -0.114. The molecular formula is C19H23N5O3S. The van der Waals surface area contributed by atoms with E-state index >= 15 is 0 Å². The minimum atomic E-state index is -3.43. The number of nitrogens with zero attached hydrogens (tertiary/aromatic N) is 4. The van der Waals surface area contributed by atoms with Crippen molar-refractivity contribution in [2.45, 2.75) is 30.7 Å². The summed E-state index contributed by atoms with van der Waals surface area (Å²) in [5.41, 5.74) is 1.17. The predicted octanol–water partition coefficient (Wildman–Crippen LogP) is 1.12. The first-order chi connectivity index (χ1) is 13.5. The number of carbonyl (C=O) groups is 1. The number of fused-ring (bicyclic) bond motifs is 1. The summed E-state index contributed by atoms with van der Waals surface area (Å²) in [7, 11) is -3.43. The summed E-state index contributed by atoms with van der Waals surface area (Å²) in [4.78, 5) is 16.9. The molecule has 0 aromatic heterocycles. The van der Waals surface area contributed by atoms with E-state index in [2.05, 4.69) is 15.4 Å². The van der Waals surface area contributed by atoms with Gasteiger partial charge in [0.1, 0.15) is 11.5 Å². The molecule has 3 aliphatic heterocycles. The van der Waals surface area contributed by atoms with Crippen molar-refractivity contribution in [1.29, 1.82) is 0 Å². The predicted molar refractivity (Wildman–Crippen MR) is 106 cm³/mol. The van der Waals surface area contributed by atoms with Crippen LogP contribution in [0.2, 0.25) is 0 Å². The van der Waals surface area contributed by atoms with Crippen LogP contribution in [-0.2, 0) is 21.4 Å². The molecule has 1 aromatic rings. The van der Waals surface area contributed by atoms with Crippen LogP contribution in [0.15, 0.2) is 51.4 Å². The van der Waals surface area contributed by atoms with E-state index in [-0.39, 0.29) is 5.91 Å². The fourth-order valence-corrected chi connectivity index (χ4v) is 4.96. The van der Waals surface area contributed by atoms with Gasteiger partial charge in [-0.25, -0.2) is 13.4 Å². The van der Waals surface area contributed by atoms with E-state index in [9.17, 15) is 13.2 Å². The molecule has 0 bridgehead atoms. The first-order valence-electron chi connectivity index (χ1n) is 9.50. The SMILES string of the molecule is O=C(NCc1ccc(S(=O)(=O)N2CCCCC2)cc1)C1=NN2CCN=C2C=C1. The third kappa shape index (κ3) is 3.85. The molecule has 0 radical (unpaired) electrons. The summed E-state index contributed by atoms with van der Waals surface area (Å²) in [6.45, 7) is 2.84. The van der Waals surface area contributed by atoms with E-state index in [1.54, 1.807) is 45.7 Å². The molecule has 1 N–H and O–H groups in total. The molecule has 1 aromatic carbocycles. The van der Waals surface area contributed by atoms with Crippen LogP contribution in [0.1, 0.15) is 24.8 Å². The summed E-state index contributed by atoms with van der Waals surface area (Å²) in [5.74, 6) is 0.509. The van der Waals surface area contributed by atoms with Crippen molar-refractivity contribution < 1.29 is 13.2 Å². The Kier molecular flexibility index (Phi) is 5.27. The maximum atomic E-state index is 12.7. The molecule has 3 aliphatic rings. The summed E-state index contributed by atoms with van der Waals surface area (Å²) in [6.07, 6.45) is 6.34. The molecule has 148 valence electrons. The minimum absolute atomic E-state index is 0.271. The Hall–Kier alpha value is -2.52. The number of rotatable bonds is 5. The van der Waals surface area contributed by atoms with Gasteiger partial charge in [-0.05, 0) is 42.7 Å². The zero-order valence-corrected chi connectivity index (χ0v) is 16.4. The number of piperidine rings is 1. The molecule has 0 unspecified atom stereocenters. The molecular weight excluding hydrogens is 378 g/mol. The maximum absolute atomic E-state index is 12.7. The van der Waals surface area contributed by atoms with E-state index in [0.717, 1.165) is 30.7 Å². The van der Waals surface area contributed by atoms with Crippen molar-refractivity contribution >= 4 is 27.5 Å². The monoisotopic (exact) mass is 401 g/mol. The van der Waals surface area contributed by atoms with Crippen molar-refractivity contribution in [1.82, 2.24) is 14.6 Å². The van der Waals surface area contributed by atoms with Crippen molar-refractivity contribution in [3.8, 4) is 0 Å². The average molecular weight is 401 g/mol. The second kappa shape index (κ2) is 7.84. The van der Waals surface area contributed by atoms with E-state index in [1.807, 2.05) is 0 Å². The third-order valence-corrected chi connectivity index (χ3v) is 6.94. The average Bonchev–Trinajstić information content (AvgIpc) is 3.21. The second-order valence-corrected chi connectivity index (χ2v) is 8.91. The van der Waals surface area contributed by atoms with E-state index in [0.29, 0.717) is 43.3 Å². The lowest BCUT2D eigenvalue weighted by Crippen LogP contribution is -2.35. The molecule has 0 saturated carbocycles. The van der Waals surface area contributed by atoms with Crippen molar-refractivity contribution in [3.05, 3.63) is 42.0 Å². The number of benzene rings is 1. The van der Waals surface area contributed by atoms with Gasteiger partial charge in [0.2, 0.25) is 10.0 Å². The Bertz CT molecular complexity index is 944. The molecule has 3 heterocycles. The molecule has 1 amide bonds. The molecule has 0 aliphatic carbocycles. The second-order valence-electron chi connectivity index (χ2n) is 6.97. The highest BCUT2D eigenvalue weighted by Crippen LogP contribution is 2.20. The Morgan fingerprint density at radius 1 is 1.04 bits per heavy atom. The fraction of sp³-hybridized carbons (Fsp3) is 0.421. The number of nitrogens with one attached hydrogen (secondary N) is 1. The number of hydrogen-bond acceptors (Lipinski definition) is 6. The van der Waals surface area contributed by atoms with Crippen LogP contribution in [0.25, 0.3) is 0 Å². The van der Waals surface area contributed by atoms with Crippen molar-refractivity contribution in [2.75, 3.05) is 26.2 Å². The first-order valence-corrected chi connectivity index (χ1v) is 10.9. The highest BCUT2D eigenvalue weighted by atomic mass is 32.2. The van der Waals surface area contributed by atoms with E-state index in [1.165, 1.54) is 0 Å². The maximum Gasteiger partial charge on any atom is 0.271 e. The normalized spacial score (nSPS) is 19.8. The van der Waals surface area contributed by atoms with Gasteiger partial charge >= 0.3 is 0 Å². The quantitative estimate of drug-likeness (QED) is 0.800. The van der Waals surface area contributed by atoms with Crippen LogP contribution < -0.4 is 5.32 Å². The topological polar surface area (TPSA) is 94.4 Å². The van der Waals surface area contributed by atoms with Gasteiger partial charge in [0.15, 0.2) is 0 Å². The van der Waals surface area contributed by atoms with Gasteiger partial charge in [-0.2, -0.15) is 9.41 Å². The zero-order valence-electron chi connectivity index (χ0n) is 15.5. The molecule has 0 spiro atoms. The van der Waals surface area contributed by atoms with Gasteiger partial charge in [0.25, 0.3) is 5.91 Å². The Morgan fingerprint density at radius 3 is 2.54 bits per heavy atom. The van der Waals surface area contributed by atoms with Crippen molar-refractivity contribution in [3.63, 3.8) is 0 Å². The highest BCUT2D eigenvalue weighted by molar-refractivity contribution is 7.89. The van der Waals surface area contributed by atoms with Crippen LogP contribution in [0.5, 0.6) is 0 Å². The largest absolute Gasteiger partial charge is 0.347 e. The standard InChI is InChI=1S/C19H23N5O3S/c25-19(17-8-9-18-20-10-13-24(18)22-17)21-14-15-4-6-16(7-5-15)28(26,27)23-11-2-1-3-12-23/h4-9H,1-3,10-14H2,(H,21,25). The first kappa shape index (κ1) is 18.8. The number of hydrazone groups is 1. The molecule has 0 atom stereocenters. The summed E-state index contributed by atoms with van der Waals surface area (Å²) in [5, 5.41) is 8.83. The molecule has 28 heavy (non-hydrogen) atoms. The Balaban J connectivity index is 1.36. The smallest absolute Gasteiger partial charge is 0.271 e. The van der Waals surface area contributed by atoms with Crippen molar-refractivity contribution in [2.24, 2.45) is 10.1 Å². The number of sulfonamides is 1. The molecule has 1 fully saturated rings. The fourth-order valence-electron chi connectivity index (χ4n) is 3.44.